The van der Waals surface area contributed by atoms with Gasteiger partial charge in [-0.2, -0.15) is 0 Å². The van der Waals surface area contributed by atoms with E-state index in [1.54, 1.807) is 16.7 Å². The minimum absolute atomic E-state index is 0.0311. The van der Waals surface area contributed by atoms with Gasteiger partial charge in [-0.05, 0) is 31.8 Å². The van der Waals surface area contributed by atoms with Crippen LogP contribution in [0.2, 0.25) is 0 Å². The third-order valence-electron chi connectivity index (χ3n) is 4.36. The van der Waals surface area contributed by atoms with Gasteiger partial charge in [0.15, 0.2) is 0 Å². The maximum Gasteiger partial charge on any atom is 0.243 e. The minimum atomic E-state index is -0.276. The number of unbranched alkanes of at least 4 members (excludes halogenated alkanes) is 1. The molecule has 3 unspecified atom stereocenters. The molecule has 0 aliphatic carbocycles. The maximum absolute atomic E-state index is 12.5. The topological polar surface area (TPSA) is 61.4 Å². The molecule has 2 rings (SSSR count). The normalized spacial score (nSPS) is 29.4. The lowest BCUT2D eigenvalue weighted by Gasteiger charge is -2.32. The van der Waals surface area contributed by atoms with E-state index < -0.39 is 0 Å². The second-order valence-electron chi connectivity index (χ2n) is 6.07. The van der Waals surface area contributed by atoms with E-state index in [1.165, 1.54) is 0 Å². The lowest BCUT2D eigenvalue weighted by Crippen LogP contribution is -2.54. The molecule has 0 aromatic carbocycles. The van der Waals surface area contributed by atoms with Crippen molar-refractivity contribution in [2.24, 2.45) is 5.92 Å². The third-order valence-corrected chi connectivity index (χ3v) is 5.37. The molecule has 2 saturated heterocycles. The Bertz CT molecular complexity index is 378. The van der Waals surface area contributed by atoms with Gasteiger partial charge in [0.25, 0.3) is 0 Å². The molecular weight excluding hydrogens is 286 g/mol. The van der Waals surface area contributed by atoms with Crippen LogP contribution < -0.4 is 10.6 Å². The number of carbonyl (C=O) groups excluding carboxylic acids is 2. The van der Waals surface area contributed by atoms with Crippen molar-refractivity contribution in [2.45, 2.75) is 51.6 Å². The molecule has 2 fully saturated rings. The van der Waals surface area contributed by atoms with E-state index >= 15 is 0 Å². The molecule has 0 spiro atoms. The highest BCUT2D eigenvalue weighted by Gasteiger charge is 2.35. The average molecular weight is 313 g/mol. The Morgan fingerprint density at radius 2 is 2.24 bits per heavy atom. The predicted octanol–water partition coefficient (Wildman–Crippen LogP) is 1.19. The fourth-order valence-electron chi connectivity index (χ4n) is 2.88. The molecule has 2 amide bonds. The fourth-order valence-corrected chi connectivity index (χ4v) is 4.07. The number of carbonyl (C=O) groups is 2. The Morgan fingerprint density at radius 1 is 1.43 bits per heavy atom. The van der Waals surface area contributed by atoms with E-state index in [2.05, 4.69) is 24.5 Å². The van der Waals surface area contributed by atoms with Crippen LogP contribution in [0.1, 0.15) is 39.5 Å². The Hall–Kier alpha value is -0.750. The van der Waals surface area contributed by atoms with Crippen molar-refractivity contribution in [3.05, 3.63) is 0 Å². The van der Waals surface area contributed by atoms with Gasteiger partial charge in [0.2, 0.25) is 11.8 Å². The highest BCUT2D eigenvalue weighted by Crippen LogP contribution is 2.23. The summed E-state index contributed by atoms with van der Waals surface area (Å²) in [5, 5.41) is 6.50. The lowest BCUT2D eigenvalue weighted by molar-refractivity contribution is -0.138. The lowest BCUT2D eigenvalue weighted by atomic mass is 9.95. The summed E-state index contributed by atoms with van der Waals surface area (Å²) >= 11 is 1.68. The van der Waals surface area contributed by atoms with Gasteiger partial charge in [-0.25, -0.2) is 0 Å². The van der Waals surface area contributed by atoms with E-state index in [0.717, 1.165) is 38.1 Å². The van der Waals surface area contributed by atoms with Gasteiger partial charge >= 0.3 is 0 Å². The standard InChI is InChI=1S/C15H27N3O2S/c1-3-4-5-14(19)18-10-21-9-13(18)15(20)17-12-6-7-16-8-11(12)2/h11-13,16H,3-10H2,1-2H3,(H,17,20). The average Bonchev–Trinajstić information content (AvgIpc) is 2.96. The molecule has 2 heterocycles. The first-order valence-electron chi connectivity index (χ1n) is 8.01. The summed E-state index contributed by atoms with van der Waals surface area (Å²) in [4.78, 5) is 26.5. The Morgan fingerprint density at radius 3 is 2.95 bits per heavy atom. The second-order valence-corrected chi connectivity index (χ2v) is 7.07. The zero-order valence-electron chi connectivity index (χ0n) is 13.1. The smallest absolute Gasteiger partial charge is 0.243 e. The number of thioether (sulfide) groups is 1. The Labute approximate surface area is 131 Å². The molecule has 5 nitrogen and oxygen atoms in total. The van der Waals surface area contributed by atoms with Crippen LogP contribution in [-0.2, 0) is 9.59 Å². The summed E-state index contributed by atoms with van der Waals surface area (Å²) in [5.74, 6) is 1.98. The number of nitrogens with one attached hydrogen (secondary N) is 2. The van der Waals surface area contributed by atoms with E-state index in [1.807, 2.05) is 0 Å². The van der Waals surface area contributed by atoms with Crippen LogP contribution in [0.25, 0.3) is 0 Å². The molecule has 120 valence electrons. The van der Waals surface area contributed by atoms with Crippen molar-refractivity contribution in [1.82, 2.24) is 15.5 Å². The summed E-state index contributed by atoms with van der Waals surface area (Å²) in [5.41, 5.74) is 0. The number of amides is 2. The van der Waals surface area contributed by atoms with Crippen molar-refractivity contribution in [2.75, 3.05) is 24.7 Å². The monoisotopic (exact) mass is 313 g/mol. The van der Waals surface area contributed by atoms with E-state index in [0.29, 0.717) is 18.2 Å². The van der Waals surface area contributed by atoms with Gasteiger partial charge in [-0.3, -0.25) is 9.59 Å². The summed E-state index contributed by atoms with van der Waals surface area (Å²) in [6.45, 7) is 6.14. The summed E-state index contributed by atoms with van der Waals surface area (Å²) < 4.78 is 0. The van der Waals surface area contributed by atoms with Crippen molar-refractivity contribution >= 4 is 23.6 Å². The van der Waals surface area contributed by atoms with Gasteiger partial charge in [-0.15, -0.1) is 11.8 Å². The molecule has 0 radical (unpaired) electrons. The van der Waals surface area contributed by atoms with Crippen LogP contribution in [0.15, 0.2) is 0 Å². The second kappa shape index (κ2) is 8.03. The first kappa shape index (κ1) is 16.6. The SMILES string of the molecule is CCCCC(=O)N1CSCC1C(=O)NC1CCNCC1C. The number of hydrogen-bond acceptors (Lipinski definition) is 4. The first-order valence-corrected chi connectivity index (χ1v) is 9.17. The van der Waals surface area contributed by atoms with Gasteiger partial charge in [0, 0.05) is 18.2 Å². The molecule has 0 aromatic heterocycles. The number of piperidine rings is 1. The highest BCUT2D eigenvalue weighted by atomic mass is 32.2. The van der Waals surface area contributed by atoms with Crippen LogP contribution >= 0.6 is 11.8 Å². The Balaban J connectivity index is 1.89. The van der Waals surface area contributed by atoms with E-state index in [-0.39, 0.29) is 23.9 Å². The van der Waals surface area contributed by atoms with Crippen molar-refractivity contribution < 1.29 is 9.59 Å². The van der Waals surface area contributed by atoms with Crippen molar-refractivity contribution in [3.63, 3.8) is 0 Å². The summed E-state index contributed by atoms with van der Waals surface area (Å²) in [7, 11) is 0. The minimum Gasteiger partial charge on any atom is -0.351 e. The molecular formula is C15H27N3O2S. The van der Waals surface area contributed by atoms with Crippen LogP contribution in [0, 0.1) is 5.92 Å². The zero-order chi connectivity index (χ0) is 15.2. The quantitative estimate of drug-likeness (QED) is 0.800. The highest BCUT2D eigenvalue weighted by molar-refractivity contribution is 7.99. The maximum atomic E-state index is 12.5. The van der Waals surface area contributed by atoms with Crippen molar-refractivity contribution in [3.8, 4) is 0 Å². The predicted molar refractivity (Wildman–Crippen MR) is 86.1 cm³/mol. The van der Waals surface area contributed by atoms with E-state index in [9.17, 15) is 9.59 Å². The number of hydrogen-bond donors (Lipinski definition) is 2. The van der Waals surface area contributed by atoms with Crippen molar-refractivity contribution in [1.29, 1.82) is 0 Å². The molecule has 6 heteroatoms. The molecule has 0 saturated carbocycles. The first-order chi connectivity index (χ1) is 10.1. The molecule has 2 aliphatic rings. The molecule has 2 N–H and O–H groups in total. The zero-order valence-corrected chi connectivity index (χ0v) is 13.9. The number of rotatable bonds is 5. The molecule has 0 bridgehead atoms. The van der Waals surface area contributed by atoms with Gasteiger partial charge in [0.1, 0.15) is 6.04 Å². The van der Waals surface area contributed by atoms with Crippen LogP contribution in [0.3, 0.4) is 0 Å². The van der Waals surface area contributed by atoms with Gasteiger partial charge < -0.3 is 15.5 Å². The van der Waals surface area contributed by atoms with Crippen LogP contribution in [0.5, 0.6) is 0 Å². The molecule has 3 atom stereocenters. The summed E-state index contributed by atoms with van der Waals surface area (Å²) in [6, 6.07) is -0.0432. The van der Waals surface area contributed by atoms with Gasteiger partial charge in [0.05, 0.1) is 5.88 Å². The fraction of sp³-hybridized carbons (Fsp3) is 0.867. The number of nitrogens with zero attached hydrogens (tertiary/aromatic N) is 1. The largest absolute Gasteiger partial charge is 0.351 e. The Kier molecular flexibility index (Phi) is 6.36. The van der Waals surface area contributed by atoms with Crippen LogP contribution in [-0.4, -0.2) is 53.5 Å². The third kappa shape index (κ3) is 4.36. The summed E-state index contributed by atoms with van der Waals surface area (Å²) in [6.07, 6.45) is 3.44. The van der Waals surface area contributed by atoms with Crippen LogP contribution in [0.4, 0.5) is 0 Å². The molecule has 21 heavy (non-hydrogen) atoms. The molecule has 0 aromatic rings. The van der Waals surface area contributed by atoms with E-state index in [4.69, 9.17) is 0 Å². The molecule has 2 aliphatic heterocycles. The van der Waals surface area contributed by atoms with Gasteiger partial charge in [-0.1, -0.05) is 20.3 Å².